The lowest BCUT2D eigenvalue weighted by molar-refractivity contribution is 0.484. The standard InChI is InChI=1S/C32H67N/c1-4-6-7-8-9-10-11-12-13-14-15-16-17-18-19-20-21-22-23-24-25-26-27-28-29-30-31-32(3)33-5-2/h32-33H,4-31H2,1-3H3. The van der Waals surface area contributed by atoms with Crippen molar-refractivity contribution in [2.24, 2.45) is 0 Å². The average molecular weight is 466 g/mol. The van der Waals surface area contributed by atoms with Gasteiger partial charge in [-0.25, -0.2) is 0 Å². The molecule has 1 N–H and O–H groups in total. The smallest absolute Gasteiger partial charge is 0.00386 e. The first kappa shape index (κ1) is 33.0. The van der Waals surface area contributed by atoms with Gasteiger partial charge in [-0.1, -0.05) is 181 Å². The van der Waals surface area contributed by atoms with Gasteiger partial charge < -0.3 is 5.32 Å². The molecule has 1 unspecified atom stereocenters. The summed E-state index contributed by atoms with van der Waals surface area (Å²) in [5.41, 5.74) is 0. The molecule has 0 heterocycles. The molecule has 0 radical (unpaired) electrons. The van der Waals surface area contributed by atoms with Crippen molar-refractivity contribution in [2.75, 3.05) is 6.54 Å². The topological polar surface area (TPSA) is 12.0 Å². The Bertz CT molecular complexity index is 326. The summed E-state index contributed by atoms with van der Waals surface area (Å²) < 4.78 is 0. The second-order valence-corrected chi connectivity index (χ2v) is 11.1. The van der Waals surface area contributed by atoms with Crippen LogP contribution < -0.4 is 5.32 Å². The van der Waals surface area contributed by atoms with Crippen molar-refractivity contribution in [3.63, 3.8) is 0 Å². The van der Waals surface area contributed by atoms with Gasteiger partial charge in [0.2, 0.25) is 0 Å². The predicted molar refractivity (Wildman–Crippen MR) is 153 cm³/mol. The fourth-order valence-corrected chi connectivity index (χ4v) is 5.22. The highest BCUT2D eigenvalue weighted by atomic mass is 14.9. The molecule has 1 nitrogen and oxygen atoms in total. The first-order valence-corrected chi connectivity index (χ1v) is 16.0. The molecule has 1 atom stereocenters. The van der Waals surface area contributed by atoms with Crippen LogP contribution in [-0.2, 0) is 0 Å². The second kappa shape index (κ2) is 30.0. The van der Waals surface area contributed by atoms with E-state index in [1.807, 2.05) is 0 Å². The Morgan fingerprint density at radius 3 is 0.848 bits per heavy atom. The van der Waals surface area contributed by atoms with Crippen molar-refractivity contribution >= 4 is 0 Å². The van der Waals surface area contributed by atoms with Crippen LogP contribution in [0.1, 0.15) is 194 Å². The minimum Gasteiger partial charge on any atom is -0.315 e. The lowest BCUT2D eigenvalue weighted by Crippen LogP contribution is -2.25. The van der Waals surface area contributed by atoms with Crippen LogP contribution in [0.2, 0.25) is 0 Å². The van der Waals surface area contributed by atoms with Crippen molar-refractivity contribution in [2.45, 2.75) is 200 Å². The SMILES string of the molecule is CCCCCCCCCCCCCCCCCCCCCCCCCCCCC(C)NCC. The molecule has 0 saturated carbocycles. The van der Waals surface area contributed by atoms with Gasteiger partial charge >= 0.3 is 0 Å². The molecular weight excluding hydrogens is 398 g/mol. The third kappa shape index (κ3) is 29.9. The van der Waals surface area contributed by atoms with Crippen LogP contribution >= 0.6 is 0 Å². The van der Waals surface area contributed by atoms with E-state index in [-0.39, 0.29) is 0 Å². The Morgan fingerprint density at radius 2 is 0.606 bits per heavy atom. The van der Waals surface area contributed by atoms with E-state index in [1.54, 1.807) is 0 Å². The zero-order valence-corrected chi connectivity index (χ0v) is 23.9. The van der Waals surface area contributed by atoms with Crippen molar-refractivity contribution in [1.29, 1.82) is 0 Å². The third-order valence-electron chi connectivity index (χ3n) is 7.54. The molecule has 0 saturated heterocycles. The largest absolute Gasteiger partial charge is 0.315 e. The van der Waals surface area contributed by atoms with Gasteiger partial charge in [0, 0.05) is 6.04 Å². The minimum absolute atomic E-state index is 0.712. The summed E-state index contributed by atoms with van der Waals surface area (Å²) in [5.74, 6) is 0. The Labute approximate surface area is 212 Å². The molecule has 1 heteroatoms. The summed E-state index contributed by atoms with van der Waals surface area (Å²) in [7, 11) is 0. The van der Waals surface area contributed by atoms with Crippen molar-refractivity contribution in [1.82, 2.24) is 5.32 Å². The van der Waals surface area contributed by atoms with Gasteiger partial charge in [0.1, 0.15) is 0 Å². The maximum absolute atomic E-state index is 3.51. The molecule has 0 fully saturated rings. The zero-order valence-electron chi connectivity index (χ0n) is 23.9. The first-order chi connectivity index (χ1) is 16.3. The van der Waals surface area contributed by atoms with Gasteiger partial charge in [-0.3, -0.25) is 0 Å². The maximum atomic E-state index is 3.51. The van der Waals surface area contributed by atoms with E-state index in [1.165, 1.54) is 173 Å². The van der Waals surface area contributed by atoms with Gasteiger partial charge in [0.15, 0.2) is 0 Å². The molecule has 0 aliphatic rings. The molecule has 0 aromatic heterocycles. The molecule has 0 spiro atoms. The third-order valence-corrected chi connectivity index (χ3v) is 7.54. The molecule has 0 aliphatic carbocycles. The van der Waals surface area contributed by atoms with Crippen LogP contribution in [0.5, 0.6) is 0 Å². The van der Waals surface area contributed by atoms with Crippen LogP contribution in [0, 0.1) is 0 Å². The molecule has 0 aromatic rings. The molecule has 200 valence electrons. The van der Waals surface area contributed by atoms with Gasteiger partial charge in [0.25, 0.3) is 0 Å². The summed E-state index contributed by atoms with van der Waals surface area (Å²) in [6, 6.07) is 0.712. The molecular formula is C32H67N. The van der Waals surface area contributed by atoms with Crippen LogP contribution in [-0.4, -0.2) is 12.6 Å². The normalized spacial score (nSPS) is 12.5. The number of nitrogens with one attached hydrogen (secondary N) is 1. The van der Waals surface area contributed by atoms with E-state index in [9.17, 15) is 0 Å². The highest BCUT2D eigenvalue weighted by Gasteiger charge is 1.99. The van der Waals surface area contributed by atoms with Gasteiger partial charge in [0.05, 0.1) is 0 Å². The highest BCUT2D eigenvalue weighted by Crippen LogP contribution is 2.16. The van der Waals surface area contributed by atoms with E-state index < -0.39 is 0 Å². The first-order valence-electron chi connectivity index (χ1n) is 16.0. The summed E-state index contributed by atoms with van der Waals surface area (Å²) in [6.45, 7) is 7.95. The Kier molecular flexibility index (Phi) is 30.0. The monoisotopic (exact) mass is 466 g/mol. The lowest BCUT2D eigenvalue weighted by atomic mass is 10.0. The molecule has 0 rings (SSSR count). The van der Waals surface area contributed by atoms with Gasteiger partial charge in [-0.05, 0) is 19.9 Å². The van der Waals surface area contributed by atoms with E-state index in [0.717, 1.165) is 6.54 Å². The molecule has 0 amide bonds. The van der Waals surface area contributed by atoms with Crippen molar-refractivity contribution in [3.05, 3.63) is 0 Å². The number of unbranched alkanes of at least 4 members (excludes halogenated alkanes) is 25. The molecule has 33 heavy (non-hydrogen) atoms. The summed E-state index contributed by atoms with van der Waals surface area (Å²) in [4.78, 5) is 0. The highest BCUT2D eigenvalue weighted by molar-refractivity contribution is 4.59. The number of rotatable bonds is 29. The van der Waals surface area contributed by atoms with E-state index in [0.29, 0.717) is 6.04 Å². The summed E-state index contributed by atoms with van der Waals surface area (Å²) in [5, 5.41) is 3.51. The fraction of sp³-hybridized carbons (Fsp3) is 1.00. The van der Waals surface area contributed by atoms with Crippen molar-refractivity contribution in [3.8, 4) is 0 Å². The van der Waals surface area contributed by atoms with Crippen LogP contribution in [0.4, 0.5) is 0 Å². The Balaban J connectivity index is 3.03. The van der Waals surface area contributed by atoms with Crippen molar-refractivity contribution < 1.29 is 0 Å². The predicted octanol–water partition coefficient (Wildman–Crippen LogP) is 11.5. The number of hydrogen-bond acceptors (Lipinski definition) is 1. The second-order valence-electron chi connectivity index (χ2n) is 11.1. The molecule has 0 aromatic carbocycles. The lowest BCUT2D eigenvalue weighted by Gasteiger charge is -2.11. The van der Waals surface area contributed by atoms with Gasteiger partial charge in [-0.15, -0.1) is 0 Å². The average Bonchev–Trinajstić information content (AvgIpc) is 2.81. The maximum Gasteiger partial charge on any atom is 0.00386 e. The van der Waals surface area contributed by atoms with E-state index >= 15 is 0 Å². The minimum atomic E-state index is 0.712. The quantitative estimate of drug-likeness (QED) is 0.108. The number of hydrogen-bond donors (Lipinski definition) is 1. The van der Waals surface area contributed by atoms with Crippen LogP contribution in [0.25, 0.3) is 0 Å². The molecule has 0 bridgehead atoms. The molecule has 0 aliphatic heterocycles. The van der Waals surface area contributed by atoms with E-state index in [2.05, 4.69) is 26.1 Å². The van der Waals surface area contributed by atoms with Crippen LogP contribution in [0.3, 0.4) is 0 Å². The summed E-state index contributed by atoms with van der Waals surface area (Å²) in [6.07, 6.45) is 39.7. The van der Waals surface area contributed by atoms with Gasteiger partial charge in [-0.2, -0.15) is 0 Å². The summed E-state index contributed by atoms with van der Waals surface area (Å²) >= 11 is 0. The Morgan fingerprint density at radius 1 is 0.364 bits per heavy atom. The van der Waals surface area contributed by atoms with Crippen LogP contribution in [0.15, 0.2) is 0 Å². The zero-order chi connectivity index (χ0) is 24.1. The fourth-order valence-electron chi connectivity index (χ4n) is 5.22. The Hall–Kier alpha value is -0.0400. The van der Waals surface area contributed by atoms with E-state index in [4.69, 9.17) is 0 Å².